The van der Waals surface area contributed by atoms with Crippen molar-refractivity contribution in [1.29, 1.82) is 0 Å². The maximum Gasteiger partial charge on any atom is 0.212 e. The fourth-order valence-corrected chi connectivity index (χ4v) is 3.24. The molecule has 5 nitrogen and oxygen atoms in total. The number of carbonyl (C=O) groups is 1. The topological polar surface area (TPSA) is 58.1 Å². The molecule has 1 fully saturated rings. The molecule has 0 amide bonds. The van der Waals surface area contributed by atoms with Crippen LogP contribution in [-0.4, -0.2) is 35.4 Å². The van der Waals surface area contributed by atoms with Crippen molar-refractivity contribution >= 4 is 11.6 Å². The second-order valence-electron chi connectivity index (χ2n) is 6.32. The third-order valence-corrected chi connectivity index (χ3v) is 4.59. The molecule has 1 aliphatic heterocycles. The summed E-state index contributed by atoms with van der Waals surface area (Å²) >= 11 is 0. The summed E-state index contributed by atoms with van der Waals surface area (Å²) in [5, 5.41) is 3.55. The van der Waals surface area contributed by atoms with Crippen LogP contribution in [0.4, 0.5) is 5.82 Å². The molecule has 1 aromatic carbocycles. The van der Waals surface area contributed by atoms with Crippen LogP contribution in [0.2, 0.25) is 0 Å². The van der Waals surface area contributed by atoms with E-state index in [9.17, 15) is 4.79 Å². The van der Waals surface area contributed by atoms with Crippen molar-refractivity contribution in [3.05, 3.63) is 89.9 Å². The summed E-state index contributed by atoms with van der Waals surface area (Å²) in [6.45, 7) is 2.56. The van der Waals surface area contributed by atoms with Gasteiger partial charge in [-0.1, -0.05) is 36.4 Å². The Labute approximate surface area is 152 Å². The highest BCUT2D eigenvalue weighted by Gasteiger charge is 2.22. The third kappa shape index (κ3) is 3.48. The minimum Gasteiger partial charge on any atom is -0.353 e. The molecule has 3 aromatic rings. The lowest BCUT2D eigenvalue weighted by Gasteiger charge is -2.35. The highest BCUT2D eigenvalue weighted by molar-refractivity contribution is 6.07. The van der Waals surface area contributed by atoms with Gasteiger partial charge in [-0.2, -0.15) is 0 Å². The number of aromatic nitrogens is 2. The normalized spacial score (nSPS) is 17.1. The molecular formula is C21H20N4O. The van der Waals surface area contributed by atoms with E-state index in [0.29, 0.717) is 11.3 Å². The van der Waals surface area contributed by atoms with Crippen LogP contribution < -0.4 is 10.2 Å². The minimum absolute atomic E-state index is 0.102. The van der Waals surface area contributed by atoms with Gasteiger partial charge in [0, 0.05) is 43.6 Å². The Bertz CT molecular complexity index is 883. The zero-order valence-electron chi connectivity index (χ0n) is 14.4. The Morgan fingerprint density at radius 1 is 1.04 bits per heavy atom. The summed E-state index contributed by atoms with van der Waals surface area (Å²) in [5.74, 6) is 0.733. The van der Waals surface area contributed by atoms with Crippen LogP contribution in [0.25, 0.3) is 0 Å². The molecule has 130 valence electrons. The molecule has 3 heterocycles. The van der Waals surface area contributed by atoms with E-state index in [1.165, 1.54) is 5.56 Å². The molecule has 1 N–H and O–H groups in total. The fourth-order valence-electron chi connectivity index (χ4n) is 3.24. The van der Waals surface area contributed by atoms with Gasteiger partial charge in [-0.25, -0.2) is 4.98 Å². The number of rotatable bonds is 4. The molecule has 5 heteroatoms. The highest BCUT2D eigenvalue weighted by atomic mass is 16.1. The van der Waals surface area contributed by atoms with Gasteiger partial charge in [0.05, 0.1) is 0 Å². The SMILES string of the molecule is O=C(c1cccnc1)c1cccc(N2CCN[C@@H](c3ccccc3)C2)n1. The van der Waals surface area contributed by atoms with E-state index in [4.69, 9.17) is 0 Å². The Morgan fingerprint density at radius 3 is 2.73 bits per heavy atom. The van der Waals surface area contributed by atoms with Crippen molar-refractivity contribution in [2.45, 2.75) is 6.04 Å². The largest absolute Gasteiger partial charge is 0.353 e. The van der Waals surface area contributed by atoms with Crippen LogP contribution in [0.1, 0.15) is 27.7 Å². The molecule has 4 rings (SSSR count). The van der Waals surface area contributed by atoms with Gasteiger partial charge in [0.1, 0.15) is 11.5 Å². The van der Waals surface area contributed by atoms with Crippen molar-refractivity contribution < 1.29 is 4.79 Å². The Morgan fingerprint density at radius 2 is 1.92 bits per heavy atom. The Kier molecular flexibility index (Phi) is 4.71. The molecule has 1 saturated heterocycles. The number of nitrogens with one attached hydrogen (secondary N) is 1. The molecule has 26 heavy (non-hydrogen) atoms. The molecule has 0 aliphatic carbocycles. The van der Waals surface area contributed by atoms with Gasteiger partial charge < -0.3 is 10.2 Å². The summed E-state index contributed by atoms with van der Waals surface area (Å²) in [5.41, 5.74) is 2.27. The molecule has 0 unspecified atom stereocenters. The molecule has 2 aromatic heterocycles. The van der Waals surface area contributed by atoms with Crippen LogP contribution in [-0.2, 0) is 0 Å². The zero-order chi connectivity index (χ0) is 17.8. The van der Waals surface area contributed by atoms with E-state index in [1.807, 2.05) is 18.2 Å². The lowest BCUT2D eigenvalue weighted by Crippen LogP contribution is -2.46. The molecule has 1 atom stereocenters. The van der Waals surface area contributed by atoms with Crippen LogP contribution in [0.5, 0.6) is 0 Å². The standard InChI is InChI=1S/C21H20N4O/c26-21(17-8-5-11-22-14-17)18-9-4-10-20(24-18)25-13-12-23-19(15-25)16-6-2-1-3-7-16/h1-11,14,19,23H,12-13,15H2/t19-/m1/s1. The molecule has 0 bridgehead atoms. The van der Waals surface area contributed by atoms with Crippen LogP contribution in [0.3, 0.4) is 0 Å². The molecular weight excluding hydrogens is 324 g/mol. The summed E-state index contributed by atoms with van der Waals surface area (Å²) in [6, 6.07) is 19.8. The number of hydrogen-bond donors (Lipinski definition) is 1. The first-order chi connectivity index (χ1) is 12.8. The highest BCUT2D eigenvalue weighted by Crippen LogP contribution is 2.21. The van der Waals surface area contributed by atoms with E-state index in [2.05, 4.69) is 44.5 Å². The molecule has 0 spiro atoms. The van der Waals surface area contributed by atoms with E-state index >= 15 is 0 Å². The van der Waals surface area contributed by atoms with Gasteiger partial charge in [0.15, 0.2) is 0 Å². The van der Waals surface area contributed by atoms with Gasteiger partial charge >= 0.3 is 0 Å². The smallest absolute Gasteiger partial charge is 0.212 e. The summed E-state index contributed by atoms with van der Waals surface area (Å²) in [7, 11) is 0. The number of benzene rings is 1. The van der Waals surface area contributed by atoms with Crippen molar-refractivity contribution in [2.24, 2.45) is 0 Å². The fraction of sp³-hybridized carbons (Fsp3) is 0.190. The van der Waals surface area contributed by atoms with Gasteiger partial charge in [-0.3, -0.25) is 9.78 Å². The summed E-state index contributed by atoms with van der Waals surface area (Å²) < 4.78 is 0. The van der Waals surface area contributed by atoms with Crippen LogP contribution in [0.15, 0.2) is 73.1 Å². The van der Waals surface area contributed by atoms with Gasteiger partial charge in [0.25, 0.3) is 0 Å². The first-order valence-electron chi connectivity index (χ1n) is 8.76. The van der Waals surface area contributed by atoms with Crippen molar-refractivity contribution in [3.8, 4) is 0 Å². The van der Waals surface area contributed by atoms with E-state index in [1.54, 1.807) is 30.6 Å². The molecule has 0 radical (unpaired) electrons. The Balaban J connectivity index is 1.55. The van der Waals surface area contributed by atoms with Gasteiger partial charge in [-0.15, -0.1) is 0 Å². The molecule has 0 saturated carbocycles. The van der Waals surface area contributed by atoms with Crippen LogP contribution in [0, 0.1) is 0 Å². The average Bonchev–Trinajstić information content (AvgIpc) is 2.75. The summed E-state index contributed by atoms with van der Waals surface area (Å²) in [6.07, 6.45) is 3.23. The number of nitrogens with zero attached hydrogens (tertiary/aromatic N) is 3. The maximum atomic E-state index is 12.6. The van der Waals surface area contributed by atoms with Crippen LogP contribution >= 0.6 is 0 Å². The summed E-state index contributed by atoms with van der Waals surface area (Å²) in [4.78, 5) is 23.5. The van der Waals surface area contributed by atoms with Crippen molar-refractivity contribution in [2.75, 3.05) is 24.5 Å². The second kappa shape index (κ2) is 7.45. The lowest BCUT2D eigenvalue weighted by molar-refractivity contribution is 0.103. The predicted octanol–water partition coefficient (Wildman–Crippen LogP) is 2.86. The van der Waals surface area contributed by atoms with Gasteiger partial charge in [0.2, 0.25) is 5.78 Å². The molecule has 1 aliphatic rings. The van der Waals surface area contributed by atoms with E-state index in [-0.39, 0.29) is 11.8 Å². The first-order valence-corrected chi connectivity index (χ1v) is 8.76. The van der Waals surface area contributed by atoms with Crippen molar-refractivity contribution in [3.63, 3.8) is 0 Å². The number of pyridine rings is 2. The van der Waals surface area contributed by atoms with Crippen molar-refractivity contribution in [1.82, 2.24) is 15.3 Å². The number of carbonyl (C=O) groups excluding carboxylic acids is 1. The average molecular weight is 344 g/mol. The number of ketones is 1. The number of hydrogen-bond acceptors (Lipinski definition) is 5. The minimum atomic E-state index is -0.102. The predicted molar refractivity (Wildman–Crippen MR) is 101 cm³/mol. The Hall–Kier alpha value is -3.05. The third-order valence-electron chi connectivity index (χ3n) is 4.59. The van der Waals surface area contributed by atoms with Gasteiger partial charge in [-0.05, 0) is 29.8 Å². The lowest BCUT2D eigenvalue weighted by atomic mass is 10.0. The zero-order valence-corrected chi connectivity index (χ0v) is 14.4. The maximum absolute atomic E-state index is 12.6. The first kappa shape index (κ1) is 16.4. The second-order valence-corrected chi connectivity index (χ2v) is 6.32. The van der Waals surface area contributed by atoms with E-state index < -0.39 is 0 Å². The monoisotopic (exact) mass is 344 g/mol. The number of anilines is 1. The quantitative estimate of drug-likeness (QED) is 0.738. The number of piperazine rings is 1. The van der Waals surface area contributed by atoms with E-state index in [0.717, 1.165) is 25.5 Å².